The SMILES string of the molecule is CC(c1ccccc1)c1ccc(-c2ccccc2)cc1.CNNC(N)c1cccc(-c2ccc3ccc(N)c(SCc4ccccc4)c3c2)c1. The molecule has 6 N–H and O–H groups in total. The Morgan fingerprint density at radius 3 is 1.80 bits per heavy atom. The van der Waals surface area contributed by atoms with Gasteiger partial charge in [0.15, 0.2) is 0 Å². The third kappa shape index (κ3) is 8.70. The number of fused-ring (bicyclic) bond motifs is 1. The highest BCUT2D eigenvalue weighted by Gasteiger charge is 2.11. The largest absolute Gasteiger partial charge is 0.398 e. The molecule has 0 fully saturated rings. The zero-order valence-electron chi connectivity index (χ0n) is 28.6. The summed E-state index contributed by atoms with van der Waals surface area (Å²) in [6, 6.07) is 59.5. The molecule has 0 aliphatic carbocycles. The molecule has 2 atom stereocenters. The molecule has 7 aromatic carbocycles. The summed E-state index contributed by atoms with van der Waals surface area (Å²) >= 11 is 1.78. The third-order valence-corrected chi connectivity index (χ3v) is 10.1. The van der Waals surface area contributed by atoms with Crippen LogP contribution in [-0.4, -0.2) is 7.05 Å². The smallest absolute Gasteiger partial charge is 0.0938 e. The second kappa shape index (κ2) is 17.0. The Morgan fingerprint density at radius 1 is 0.560 bits per heavy atom. The highest BCUT2D eigenvalue weighted by atomic mass is 32.2. The molecule has 0 radical (unpaired) electrons. The first-order chi connectivity index (χ1) is 24.5. The number of anilines is 1. The summed E-state index contributed by atoms with van der Waals surface area (Å²) in [6.45, 7) is 2.26. The minimum atomic E-state index is -0.275. The predicted molar refractivity (Wildman–Crippen MR) is 215 cm³/mol. The number of rotatable bonds is 10. The molecule has 0 aliphatic heterocycles. The summed E-state index contributed by atoms with van der Waals surface area (Å²) in [4.78, 5) is 1.13. The van der Waals surface area contributed by atoms with Crippen LogP contribution in [0.3, 0.4) is 0 Å². The van der Waals surface area contributed by atoms with Crippen LogP contribution in [0.5, 0.6) is 0 Å². The molecule has 4 nitrogen and oxygen atoms in total. The van der Waals surface area contributed by atoms with Gasteiger partial charge in [0.2, 0.25) is 0 Å². The van der Waals surface area contributed by atoms with Gasteiger partial charge in [0.25, 0.3) is 0 Å². The molecule has 7 aromatic rings. The highest BCUT2D eigenvalue weighted by molar-refractivity contribution is 7.99. The molecule has 0 aliphatic rings. The van der Waals surface area contributed by atoms with Crippen molar-refractivity contribution >= 4 is 28.2 Å². The fraction of sp³-hybridized carbons (Fsp3) is 0.111. The van der Waals surface area contributed by atoms with Crippen LogP contribution in [0.2, 0.25) is 0 Å². The number of thioether (sulfide) groups is 1. The number of hydrazine groups is 1. The minimum Gasteiger partial charge on any atom is -0.398 e. The fourth-order valence-corrected chi connectivity index (χ4v) is 7.13. The van der Waals surface area contributed by atoms with Crippen LogP contribution in [0.15, 0.2) is 175 Å². The average molecular weight is 673 g/mol. The van der Waals surface area contributed by atoms with Crippen molar-refractivity contribution in [3.63, 3.8) is 0 Å². The highest BCUT2D eigenvalue weighted by Crippen LogP contribution is 2.37. The van der Waals surface area contributed by atoms with Crippen molar-refractivity contribution in [2.75, 3.05) is 12.8 Å². The van der Waals surface area contributed by atoms with Crippen LogP contribution in [-0.2, 0) is 5.75 Å². The molecule has 0 spiro atoms. The first kappa shape index (κ1) is 34.7. The van der Waals surface area contributed by atoms with Crippen LogP contribution >= 0.6 is 11.8 Å². The number of nitrogens with one attached hydrogen (secondary N) is 2. The topological polar surface area (TPSA) is 76.1 Å². The monoisotopic (exact) mass is 672 g/mol. The lowest BCUT2D eigenvalue weighted by Gasteiger charge is -2.15. The summed E-state index contributed by atoms with van der Waals surface area (Å²) in [5, 5.41) is 2.37. The lowest BCUT2D eigenvalue weighted by molar-refractivity contribution is 0.488. The molecule has 0 amide bonds. The van der Waals surface area contributed by atoms with Gasteiger partial charge in [-0.1, -0.05) is 159 Å². The van der Waals surface area contributed by atoms with Gasteiger partial charge in [-0.05, 0) is 80.5 Å². The zero-order chi connectivity index (χ0) is 34.7. The van der Waals surface area contributed by atoms with Crippen molar-refractivity contribution in [3.05, 3.63) is 192 Å². The van der Waals surface area contributed by atoms with E-state index in [1.165, 1.54) is 38.6 Å². The number of hydrogen-bond acceptors (Lipinski definition) is 5. The number of benzene rings is 7. The standard InChI is InChI=1S/C25H26N4S.C20H18/c1-28-29-25(27)21-9-5-8-19(14-21)20-11-10-18-12-13-23(26)24(22(18)15-20)30-16-17-6-3-2-4-7-17;1-16(17-8-4-2-5-9-17)18-12-14-20(15-13-18)19-10-6-3-7-11-19/h2-15,25,28-29H,16,26-27H2,1H3;2-16H,1H3. The zero-order valence-corrected chi connectivity index (χ0v) is 29.4. The van der Waals surface area contributed by atoms with E-state index in [1.54, 1.807) is 11.8 Å². The second-order valence-corrected chi connectivity index (χ2v) is 13.3. The Hall–Kier alpha value is -5.17. The normalized spacial score (nSPS) is 12.1. The third-order valence-electron chi connectivity index (χ3n) is 8.92. The molecule has 0 saturated carbocycles. The summed E-state index contributed by atoms with van der Waals surface area (Å²) in [5.74, 6) is 1.31. The van der Waals surface area contributed by atoms with Crippen molar-refractivity contribution < 1.29 is 0 Å². The van der Waals surface area contributed by atoms with Crippen molar-refractivity contribution in [1.82, 2.24) is 10.9 Å². The van der Waals surface area contributed by atoms with E-state index in [4.69, 9.17) is 11.5 Å². The van der Waals surface area contributed by atoms with Gasteiger partial charge < -0.3 is 11.5 Å². The maximum absolute atomic E-state index is 6.38. The van der Waals surface area contributed by atoms with E-state index in [1.807, 2.05) is 31.3 Å². The van der Waals surface area contributed by atoms with Crippen LogP contribution in [0.1, 0.15) is 41.3 Å². The van der Waals surface area contributed by atoms with Crippen LogP contribution in [0, 0.1) is 0 Å². The van der Waals surface area contributed by atoms with Gasteiger partial charge >= 0.3 is 0 Å². The number of nitrogens with two attached hydrogens (primary N) is 2. The van der Waals surface area contributed by atoms with E-state index in [2.05, 4.69) is 163 Å². The van der Waals surface area contributed by atoms with Crippen LogP contribution < -0.4 is 22.3 Å². The molecule has 250 valence electrons. The Bertz CT molecular complexity index is 2100. The Labute approximate surface area is 300 Å². The quantitative estimate of drug-likeness (QED) is 0.0504. The first-order valence-corrected chi connectivity index (χ1v) is 18.0. The molecule has 2 unspecified atom stereocenters. The van der Waals surface area contributed by atoms with E-state index >= 15 is 0 Å². The molecule has 5 heteroatoms. The minimum absolute atomic E-state index is 0.275. The lowest BCUT2D eigenvalue weighted by atomic mass is 9.92. The Kier molecular flexibility index (Phi) is 11.8. The van der Waals surface area contributed by atoms with Crippen molar-refractivity contribution in [3.8, 4) is 22.3 Å². The molecule has 7 rings (SSSR count). The summed E-state index contributed by atoms with van der Waals surface area (Å²) in [7, 11) is 1.81. The summed E-state index contributed by atoms with van der Waals surface area (Å²) in [6.07, 6.45) is -0.275. The Balaban J connectivity index is 0.000000187. The first-order valence-electron chi connectivity index (χ1n) is 17.0. The summed E-state index contributed by atoms with van der Waals surface area (Å²) < 4.78 is 0. The number of hydrogen-bond donors (Lipinski definition) is 4. The van der Waals surface area contributed by atoms with Gasteiger partial charge in [-0.2, -0.15) is 0 Å². The van der Waals surface area contributed by atoms with E-state index in [0.29, 0.717) is 5.92 Å². The molecule has 0 bridgehead atoms. The van der Waals surface area contributed by atoms with Gasteiger partial charge in [-0.25, -0.2) is 5.43 Å². The second-order valence-electron chi connectivity index (χ2n) is 12.3. The van der Waals surface area contributed by atoms with E-state index < -0.39 is 0 Å². The van der Waals surface area contributed by atoms with E-state index in [9.17, 15) is 0 Å². The van der Waals surface area contributed by atoms with Crippen molar-refractivity contribution in [2.45, 2.75) is 29.7 Å². The molecular formula is C45H44N4S. The van der Waals surface area contributed by atoms with Crippen molar-refractivity contribution in [1.29, 1.82) is 0 Å². The lowest BCUT2D eigenvalue weighted by Crippen LogP contribution is -2.37. The van der Waals surface area contributed by atoms with Gasteiger partial charge in [-0.15, -0.1) is 11.8 Å². The van der Waals surface area contributed by atoms with E-state index in [-0.39, 0.29) is 6.17 Å². The van der Waals surface area contributed by atoms with Gasteiger partial charge in [0.05, 0.1) is 6.17 Å². The maximum Gasteiger partial charge on any atom is 0.0938 e. The van der Waals surface area contributed by atoms with E-state index in [0.717, 1.165) is 33.0 Å². The Morgan fingerprint density at radius 2 is 1.10 bits per heavy atom. The molecule has 50 heavy (non-hydrogen) atoms. The maximum atomic E-state index is 6.38. The molecule has 0 heterocycles. The average Bonchev–Trinajstić information content (AvgIpc) is 3.18. The molecule has 0 saturated heterocycles. The fourth-order valence-electron chi connectivity index (χ4n) is 6.06. The summed E-state index contributed by atoms with van der Waals surface area (Å²) in [5.41, 5.74) is 29.2. The molecule has 0 aromatic heterocycles. The van der Waals surface area contributed by atoms with Crippen LogP contribution in [0.25, 0.3) is 33.0 Å². The van der Waals surface area contributed by atoms with Crippen molar-refractivity contribution in [2.24, 2.45) is 5.73 Å². The number of nitrogen functional groups attached to an aromatic ring is 1. The van der Waals surface area contributed by atoms with Gasteiger partial charge in [0.1, 0.15) is 0 Å². The van der Waals surface area contributed by atoms with Gasteiger partial charge in [0, 0.05) is 22.3 Å². The molecular weight excluding hydrogens is 629 g/mol. The van der Waals surface area contributed by atoms with Gasteiger partial charge in [-0.3, -0.25) is 5.43 Å². The predicted octanol–water partition coefficient (Wildman–Crippen LogP) is 10.6. The van der Waals surface area contributed by atoms with Crippen LogP contribution in [0.4, 0.5) is 5.69 Å².